The molecule has 0 fully saturated rings. The summed E-state index contributed by atoms with van der Waals surface area (Å²) in [5.74, 6) is 2.00. The molecular weight excluding hydrogens is 387 g/mol. The lowest BCUT2D eigenvalue weighted by atomic mass is 9.87. The van der Waals surface area contributed by atoms with E-state index in [0.717, 1.165) is 42.6 Å². The van der Waals surface area contributed by atoms with E-state index in [4.69, 9.17) is 9.47 Å². The third kappa shape index (κ3) is 7.81. The highest BCUT2D eigenvalue weighted by molar-refractivity contribution is 7.52. The van der Waals surface area contributed by atoms with E-state index in [1.807, 2.05) is 19.1 Å². The van der Waals surface area contributed by atoms with Crippen molar-refractivity contribution in [2.24, 2.45) is 17.8 Å². The van der Waals surface area contributed by atoms with Crippen LogP contribution in [-0.2, 0) is 11.0 Å². The largest absolute Gasteiger partial charge is 0.493 e. The molecule has 2 N–H and O–H groups in total. The first-order valence-corrected chi connectivity index (χ1v) is 12.4. The zero-order valence-electron chi connectivity index (χ0n) is 18.4. The average molecular weight is 425 g/mol. The Hall–Kier alpha value is -1.29. The van der Waals surface area contributed by atoms with Gasteiger partial charge < -0.3 is 19.3 Å². The third-order valence-corrected chi connectivity index (χ3v) is 6.84. The van der Waals surface area contributed by atoms with Crippen molar-refractivity contribution >= 4 is 7.60 Å². The second kappa shape index (κ2) is 10.7. The Morgan fingerprint density at radius 1 is 1.28 bits per heavy atom. The topological polar surface area (TPSA) is 76.0 Å². The first kappa shape index (κ1) is 24.0. The number of aryl methyl sites for hydroxylation is 1. The summed E-state index contributed by atoms with van der Waals surface area (Å²) in [6.07, 6.45) is 6.20. The SMILES string of the molecule is CC(=CCC(C)CC(C)C(C)C)CC(Oc1ccc2c(c1)CCCO2)P(=O)(O)O. The van der Waals surface area contributed by atoms with E-state index < -0.39 is 13.4 Å². The summed E-state index contributed by atoms with van der Waals surface area (Å²) in [5.41, 5.74) is 1.97. The van der Waals surface area contributed by atoms with Crippen LogP contribution in [0.25, 0.3) is 0 Å². The van der Waals surface area contributed by atoms with Crippen LogP contribution in [0, 0.1) is 17.8 Å². The molecule has 1 aromatic rings. The molecule has 1 aromatic carbocycles. The zero-order valence-corrected chi connectivity index (χ0v) is 19.3. The van der Waals surface area contributed by atoms with Crippen LogP contribution in [0.1, 0.15) is 65.9 Å². The zero-order chi connectivity index (χ0) is 21.6. The molecule has 0 saturated carbocycles. The van der Waals surface area contributed by atoms with Crippen molar-refractivity contribution in [3.8, 4) is 11.5 Å². The molecule has 1 aliphatic rings. The maximum Gasteiger partial charge on any atom is 0.366 e. The summed E-state index contributed by atoms with van der Waals surface area (Å²) in [4.78, 5) is 19.6. The van der Waals surface area contributed by atoms with Crippen molar-refractivity contribution in [2.45, 2.75) is 72.6 Å². The van der Waals surface area contributed by atoms with Gasteiger partial charge >= 0.3 is 7.60 Å². The van der Waals surface area contributed by atoms with E-state index in [-0.39, 0.29) is 6.42 Å². The van der Waals surface area contributed by atoms with Crippen LogP contribution < -0.4 is 9.47 Å². The van der Waals surface area contributed by atoms with E-state index in [1.165, 1.54) is 0 Å². The van der Waals surface area contributed by atoms with Gasteiger partial charge in [-0.15, -0.1) is 0 Å². The fourth-order valence-corrected chi connectivity index (χ4v) is 4.35. The van der Waals surface area contributed by atoms with Crippen molar-refractivity contribution < 1.29 is 23.8 Å². The average Bonchev–Trinajstić information content (AvgIpc) is 2.65. The van der Waals surface area contributed by atoms with Crippen molar-refractivity contribution in [1.29, 1.82) is 0 Å². The lowest BCUT2D eigenvalue weighted by molar-refractivity contribution is 0.221. The molecule has 0 bridgehead atoms. The van der Waals surface area contributed by atoms with E-state index in [9.17, 15) is 14.4 Å². The van der Waals surface area contributed by atoms with E-state index in [2.05, 4.69) is 33.8 Å². The Morgan fingerprint density at radius 3 is 2.66 bits per heavy atom. The first-order valence-electron chi connectivity index (χ1n) is 10.7. The van der Waals surface area contributed by atoms with Crippen molar-refractivity contribution in [2.75, 3.05) is 6.61 Å². The molecule has 6 heteroatoms. The standard InChI is InChI=1S/C23H37O5P/c1-16(2)19(5)13-17(3)8-9-18(4)14-23(29(24,25)26)28-21-10-11-22-20(15-21)7-6-12-27-22/h9-11,15-17,19,23H,6-8,12-14H2,1-5H3,(H2,24,25,26). The van der Waals surface area contributed by atoms with Gasteiger partial charge in [0.25, 0.3) is 0 Å². The molecule has 2 rings (SSSR count). The van der Waals surface area contributed by atoms with Gasteiger partial charge in [-0.1, -0.05) is 39.3 Å². The molecule has 164 valence electrons. The molecule has 3 atom stereocenters. The minimum Gasteiger partial charge on any atom is -0.493 e. The summed E-state index contributed by atoms with van der Waals surface area (Å²) in [7, 11) is -4.40. The molecule has 5 nitrogen and oxygen atoms in total. The maximum absolute atomic E-state index is 12.0. The highest BCUT2D eigenvalue weighted by Crippen LogP contribution is 2.45. The molecular formula is C23H37O5P. The predicted molar refractivity (Wildman–Crippen MR) is 117 cm³/mol. The quantitative estimate of drug-likeness (QED) is 0.359. The number of hydrogen-bond acceptors (Lipinski definition) is 3. The normalized spacial score (nSPS) is 18.0. The molecule has 0 spiro atoms. The second-order valence-electron chi connectivity index (χ2n) is 8.94. The molecule has 0 aromatic heterocycles. The van der Waals surface area contributed by atoms with Gasteiger partial charge in [-0.05, 0) is 74.1 Å². The monoisotopic (exact) mass is 424 g/mol. The minimum atomic E-state index is -4.40. The van der Waals surface area contributed by atoms with Crippen molar-refractivity contribution in [3.05, 3.63) is 35.4 Å². The van der Waals surface area contributed by atoms with Crippen LogP contribution in [0.15, 0.2) is 29.8 Å². The molecule has 0 radical (unpaired) electrons. The van der Waals surface area contributed by atoms with Crippen LogP contribution in [0.3, 0.4) is 0 Å². The third-order valence-electron chi connectivity index (χ3n) is 5.80. The van der Waals surface area contributed by atoms with E-state index in [0.29, 0.717) is 30.1 Å². The van der Waals surface area contributed by atoms with Gasteiger partial charge in [0.05, 0.1) is 6.61 Å². The molecule has 29 heavy (non-hydrogen) atoms. The van der Waals surface area contributed by atoms with Gasteiger partial charge in [-0.25, -0.2) is 0 Å². The van der Waals surface area contributed by atoms with Gasteiger partial charge in [0.15, 0.2) is 0 Å². The fourth-order valence-electron chi connectivity index (χ4n) is 3.56. The number of allylic oxidation sites excluding steroid dienone is 1. The number of ether oxygens (including phenoxy) is 2. The Labute approximate surface area is 175 Å². The smallest absolute Gasteiger partial charge is 0.366 e. The van der Waals surface area contributed by atoms with Crippen molar-refractivity contribution in [1.82, 2.24) is 0 Å². The highest BCUT2D eigenvalue weighted by atomic mass is 31.2. The Kier molecular flexibility index (Phi) is 8.81. The lowest BCUT2D eigenvalue weighted by Crippen LogP contribution is -2.18. The molecule has 1 heterocycles. The first-order chi connectivity index (χ1) is 13.6. The van der Waals surface area contributed by atoms with Crippen LogP contribution >= 0.6 is 7.60 Å². The van der Waals surface area contributed by atoms with Crippen LogP contribution in [-0.4, -0.2) is 22.2 Å². The molecule has 0 aliphatic carbocycles. The fraction of sp³-hybridized carbons (Fsp3) is 0.652. The highest BCUT2D eigenvalue weighted by Gasteiger charge is 2.31. The van der Waals surface area contributed by atoms with Crippen LogP contribution in [0.5, 0.6) is 11.5 Å². The molecule has 1 aliphatic heterocycles. The number of rotatable bonds is 10. The number of fused-ring (bicyclic) bond motifs is 1. The van der Waals surface area contributed by atoms with Gasteiger partial charge in [-0.2, -0.15) is 0 Å². The summed E-state index contributed by atoms with van der Waals surface area (Å²) < 4.78 is 23.4. The van der Waals surface area contributed by atoms with Gasteiger partial charge in [0.2, 0.25) is 5.85 Å². The Balaban J connectivity index is 2.00. The summed E-state index contributed by atoms with van der Waals surface area (Å²) in [6.45, 7) is 11.6. The number of hydrogen-bond donors (Lipinski definition) is 2. The van der Waals surface area contributed by atoms with Gasteiger partial charge in [0.1, 0.15) is 11.5 Å². The van der Waals surface area contributed by atoms with Crippen molar-refractivity contribution in [3.63, 3.8) is 0 Å². The molecule has 0 amide bonds. The van der Waals surface area contributed by atoms with E-state index in [1.54, 1.807) is 6.07 Å². The van der Waals surface area contributed by atoms with E-state index >= 15 is 0 Å². The Morgan fingerprint density at radius 2 is 2.00 bits per heavy atom. The predicted octanol–water partition coefficient (Wildman–Crippen LogP) is 5.94. The van der Waals surface area contributed by atoms with Crippen LogP contribution in [0.4, 0.5) is 0 Å². The summed E-state index contributed by atoms with van der Waals surface area (Å²) in [6, 6.07) is 5.38. The van der Waals surface area contributed by atoms with Gasteiger partial charge in [0, 0.05) is 6.42 Å². The molecule has 3 unspecified atom stereocenters. The maximum atomic E-state index is 12.0. The second-order valence-corrected chi connectivity index (χ2v) is 10.7. The van der Waals surface area contributed by atoms with Gasteiger partial charge in [-0.3, -0.25) is 4.57 Å². The minimum absolute atomic E-state index is 0.213. The van der Waals surface area contributed by atoms with Crippen LogP contribution in [0.2, 0.25) is 0 Å². The summed E-state index contributed by atoms with van der Waals surface area (Å²) in [5, 5.41) is 0. The Bertz CT molecular complexity index is 737. The molecule has 0 saturated heterocycles. The number of benzene rings is 1. The lowest BCUT2D eigenvalue weighted by Gasteiger charge is -2.23. The summed E-state index contributed by atoms with van der Waals surface area (Å²) >= 11 is 0.